The van der Waals surface area contributed by atoms with Gasteiger partial charge in [0.15, 0.2) is 5.78 Å². The van der Waals surface area contributed by atoms with Crippen molar-refractivity contribution in [2.75, 3.05) is 6.61 Å². The molecular weight excluding hydrogens is 263 g/mol. The minimum Gasteiger partial charge on any atom is -0.462 e. The number of alkyl halides is 1. The average molecular weight is 275 g/mol. The van der Waals surface area contributed by atoms with Gasteiger partial charge < -0.3 is 4.74 Å². The van der Waals surface area contributed by atoms with Gasteiger partial charge in [0.1, 0.15) is 5.38 Å². The molecule has 1 aromatic rings. The van der Waals surface area contributed by atoms with Crippen molar-refractivity contribution in [1.82, 2.24) is 0 Å². The summed E-state index contributed by atoms with van der Waals surface area (Å²) in [6.45, 7) is 3.36. The molecule has 0 fully saturated rings. The number of carbonyl (C=O) groups is 2. The van der Waals surface area contributed by atoms with Gasteiger partial charge in [0.05, 0.1) is 12.2 Å². The fourth-order valence-electron chi connectivity index (χ4n) is 1.33. The highest BCUT2D eigenvalue weighted by Gasteiger charge is 2.17. The first kappa shape index (κ1) is 14.0. The summed E-state index contributed by atoms with van der Waals surface area (Å²) in [6, 6.07) is 4.55. The molecule has 1 rings (SSSR count). The lowest BCUT2D eigenvalue weighted by Crippen LogP contribution is -2.07. The summed E-state index contributed by atoms with van der Waals surface area (Å²) >= 11 is 11.8. The molecule has 0 radical (unpaired) electrons. The zero-order chi connectivity index (χ0) is 13.0. The molecule has 1 aromatic carbocycles. The Bertz CT molecular complexity index is 443. The van der Waals surface area contributed by atoms with Crippen molar-refractivity contribution in [2.45, 2.75) is 19.2 Å². The zero-order valence-corrected chi connectivity index (χ0v) is 11.0. The second-order valence-electron chi connectivity index (χ2n) is 3.47. The lowest BCUT2D eigenvalue weighted by atomic mass is 10.1. The highest BCUT2D eigenvalue weighted by molar-refractivity contribution is 6.32. The summed E-state index contributed by atoms with van der Waals surface area (Å²) in [5, 5.41) is -0.459. The van der Waals surface area contributed by atoms with Gasteiger partial charge in [-0.2, -0.15) is 0 Å². The number of ketones is 1. The van der Waals surface area contributed by atoms with Gasteiger partial charge in [0, 0.05) is 5.02 Å². The Morgan fingerprint density at radius 1 is 1.35 bits per heavy atom. The van der Waals surface area contributed by atoms with Crippen LogP contribution in [0.5, 0.6) is 0 Å². The van der Waals surface area contributed by atoms with Crippen molar-refractivity contribution >= 4 is 35.0 Å². The van der Waals surface area contributed by atoms with Crippen LogP contribution in [-0.2, 0) is 9.53 Å². The molecule has 5 heteroatoms. The van der Waals surface area contributed by atoms with E-state index in [1.54, 1.807) is 13.0 Å². The van der Waals surface area contributed by atoms with Crippen molar-refractivity contribution in [2.24, 2.45) is 0 Å². The van der Waals surface area contributed by atoms with Crippen molar-refractivity contribution in [3.8, 4) is 0 Å². The average Bonchev–Trinajstić information content (AvgIpc) is 2.27. The van der Waals surface area contributed by atoms with E-state index in [1.807, 2.05) is 0 Å². The smallest absolute Gasteiger partial charge is 0.338 e. The fraction of sp³-hybridized carbons (Fsp3) is 0.333. The van der Waals surface area contributed by atoms with Gasteiger partial charge in [-0.3, -0.25) is 4.79 Å². The maximum atomic E-state index is 11.5. The molecule has 17 heavy (non-hydrogen) atoms. The van der Waals surface area contributed by atoms with Crippen LogP contribution in [-0.4, -0.2) is 18.4 Å². The highest BCUT2D eigenvalue weighted by Crippen LogP contribution is 2.26. The van der Waals surface area contributed by atoms with Gasteiger partial charge >= 0.3 is 5.97 Å². The van der Waals surface area contributed by atoms with Crippen LogP contribution in [0, 0.1) is 0 Å². The molecule has 0 bridgehead atoms. The number of Topliss-reactive ketones (excluding diaryl/α,β-unsaturated/α-hetero) is 1. The standard InChI is InChI=1S/C12H12Cl2O3/c1-3-17-12(16)9-4-8(5-10(13)6-9)11(14)7(2)15/h4-6,11H,3H2,1-2H3. The quantitative estimate of drug-likeness (QED) is 0.625. The van der Waals surface area contributed by atoms with Crippen LogP contribution < -0.4 is 0 Å². The summed E-state index contributed by atoms with van der Waals surface area (Å²) in [5.74, 6) is -0.688. The van der Waals surface area contributed by atoms with E-state index in [4.69, 9.17) is 27.9 Å². The number of rotatable bonds is 4. The molecule has 0 N–H and O–H groups in total. The van der Waals surface area contributed by atoms with E-state index in [0.29, 0.717) is 16.1 Å². The maximum Gasteiger partial charge on any atom is 0.338 e. The number of hydrogen-bond donors (Lipinski definition) is 0. The maximum absolute atomic E-state index is 11.5. The Morgan fingerprint density at radius 3 is 2.53 bits per heavy atom. The third kappa shape index (κ3) is 3.72. The Hall–Kier alpha value is -1.06. The Morgan fingerprint density at radius 2 is 2.00 bits per heavy atom. The first-order valence-electron chi connectivity index (χ1n) is 5.07. The van der Waals surface area contributed by atoms with E-state index in [-0.39, 0.29) is 12.4 Å². The van der Waals surface area contributed by atoms with Crippen LogP contribution >= 0.6 is 23.2 Å². The van der Waals surface area contributed by atoms with E-state index in [1.165, 1.54) is 19.1 Å². The molecule has 0 aliphatic carbocycles. The van der Waals surface area contributed by atoms with E-state index in [9.17, 15) is 9.59 Å². The lowest BCUT2D eigenvalue weighted by molar-refractivity contribution is -0.116. The molecule has 0 spiro atoms. The monoisotopic (exact) mass is 274 g/mol. The first-order chi connectivity index (χ1) is 7.95. The van der Waals surface area contributed by atoms with Gasteiger partial charge in [-0.1, -0.05) is 11.6 Å². The Labute approximate surface area is 110 Å². The summed E-state index contributed by atoms with van der Waals surface area (Å²) in [7, 11) is 0. The molecule has 0 heterocycles. The molecule has 0 amide bonds. The normalized spacial score (nSPS) is 12.0. The second-order valence-corrected chi connectivity index (χ2v) is 4.34. The second kappa shape index (κ2) is 6.03. The Balaban J connectivity index is 3.10. The molecule has 92 valence electrons. The summed E-state index contributed by atoms with van der Waals surface area (Å²) in [4.78, 5) is 22.7. The predicted molar refractivity (Wildman–Crippen MR) is 66.7 cm³/mol. The molecule has 0 aliphatic heterocycles. The summed E-state index contributed by atoms with van der Waals surface area (Å²) in [5.41, 5.74) is 0.788. The van der Waals surface area contributed by atoms with Gasteiger partial charge in [-0.15, -0.1) is 11.6 Å². The van der Waals surface area contributed by atoms with Crippen molar-refractivity contribution < 1.29 is 14.3 Å². The third-order valence-electron chi connectivity index (χ3n) is 2.08. The minimum atomic E-state index is -0.804. The molecular formula is C12H12Cl2O3. The highest BCUT2D eigenvalue weighted by atomic mass is 35.5. The van der Waals surface area contributed by atoms with Gasteiger partial charge in [0.25, 0.3) is 0 Å². The molecule has 0 saturated heterocycles. The number of hydrogen-bond acceptors (Lipinski definition) is 3. The molecule has 0 aliphatic rings. The SMILES string of the molecule is CCOC(=O)c1cc(Cl)cc(C(Cl)C(C)=O)c1. The largest absolute Gasteiger partial charge is 0.462 e. The predicted octanol–water partition coefficient (Wildman–Crippen LogP) is 3.39. The van der Waals surface area contributed by atoms with Crippen molar-refractivity contribution in [3.63, 3.8) is 0 Å². The van der Waals surface area contributed by atoms with Gasteiger partial charge in [-0.05, 0) is 37.6 Å². The fourth-order valence-corrected chi connectivity index (χ4v) is 1.70. The molecule has 1 atom stereocenters. The number of ether oxygens (including phenoxy) is 1. The van der Waals surface area contributed by atoms with Crippen molar-refractivity contribution in [1.29, 1.82) is 0 Å². The van der Waals surface area contributed by atoms with Gasteiger partial charge in [0.2, 0.25) is 0 Å². The number of carbonyl (C=O) groups excluding carboxylic acids is 2. The molecule has 0 saturated carbocycles. The number of halogens is 2. The number of benzene rings is 1. The zero-order valence-electron chi connectivity index (χ0n) is 9.50. The van der Waals surface area contributed by atoms with Crippen LogP contribution in [0.25, 0.3) is 0 Å². The van der Waals surface area contributed by atoms with Crippen molar-refractivity contribution in [3.05, 3.63) is 34.3 Å². The van der Waals surface area contributed by atoms with E-state index in [0.717, 1.165) is 0 Å². The minimum absolute atomic E-state index is 0.205. The van der Waals surface area contributed by atoms with E-state index >= 15 is 0 Å². The van der Waals surface area contributed by atoms with Gasteiger partial charge in [-0.25, -0.2) is 4.79 Å². The van der Waals surface area contributed by atoms with E-state index < -0.39 is 11.3 Å². The van der Waals surface area contributed by atoms with Crippen LogP contribution in [0.1, 0.15) is 35.1 Å². The molecule has 3 nitrogen and oxygen atoms in total. The summed E-state index contributed by atoms with van der Waals surface area (Å²) in [6.07, 6.45) is 0. The van der Waals surface area contributed by atoms with Crippen LogP contribution in [0.15, 0.2) is 18.2 Å². The van der Waals surface area contributed by atoms with Crippen LogP contribution in [0.3, 0.4) is 0 Å². The number of esters is 1. The van der Waals surface area contributed by atoms with Crippen LogP contribution in [0.4, 0.5) is 0 Å². The third-order valence-corrected chi connectivity index (χ3v) is 2.86. The lowest BCUT2D eigenvalue weighted by Gasteiger charge is -2.09. The Kier molecular flexibility index (Phi) is 4.97. The summed E-state index contributed by atoms with van der Waals surface area (Å²) < 4.78 is 4.85. The topological polar surface area (TPSA) is 43.4 Å². The van der Waals surface area contributed by atoms with E-state index in [2.05, 4.69) is 0 Å². The van der Waals surface area contributed by atoms with Crippen LogP contribution in [0.2, 0.25) is 5.02 Å². The molecule has 0 aromatic heterocycles. The molecule has 1 unspecified atom stereocenters. The first-order valence-corrected chi connectivity index (χ1v) is 5.89.